The maximum absolute atomic E-state index is 11.8. The van der Waals surface area contributed by atoms with Crippen LogP contribution in [0, 0.1) is 41.4 Å². The second-order valence-electron chi connectivity index (χ2n) is 8.48. The van der Waals surface area contributed by atoms with E-state index in [9.17, 15) is 9.90 Å². The lowest BCUT2D eigenvalue weighted by Crippen LogP contribution is -2.54. The molecule has 0 aromatic carbocycles. The van der Waals surface area contributed by atoms with Crippen molar-refractivity contribution in [2.75, 3.05) is 0 Å². The van der Waals surface area contributed by atoms with Crippen molar-refractivity contribution in [2.45, 2.75) is 63.9 Å². The number of allylic oxidation sites excluding steroid dienone is 1. The number of terminal acetylenes is 1. The van der Waals surface area contributed by atoms with Gasteiger partial charge in [-0.25, -0.2) is 0 Å². The average Bonchev–Trinajstić information content (AvgIpc) is 2.89. The molecule has 128 valence electrons. The standard InChI is InChI=1S/C22H28O2/c1-4-21(24)11-10-20-18-8-6-15-13-16(23)7-9-17(15)19(18)12-14(3)22(20,21)5-2/h1,13,17-20,24H,3,5-12H2,2H3/t17-,18+,19+,20-,21-,22-/m0/s1. The van der Waals surface area contributed by atoms with Gasteiger partial charge in [-0.05, 0) is 74.7 Å². The van der Waals surface area contributed by atoms with Gasteiger partial charge in [0, 0.05) is 11.8 Å². The third kappa shape index (κ3) is 1.85. The molecule has 0 aliphatic heterocycles. The van der Waals surface area contributed by atoms with Crippen molar-refractivity contribution >= 4 is 5.78 Å². The smallest absolute Gasteiger partial charge is 0.155 e. The molecule has 0 aromatic heterocycles. The van der Waals surface area contributed by atoms with E-state index in [4.69, 9.17) is 6.42 Å². The fourth-order valence-electron chi connectivity index (χ4n) is 7.00. The van der Waals surface area contributed by atoms with Crippen LogP contribution in [0.25, 0.3) is 0 Å². The molecule has 2 heteroatoms. The number of hydrogen-bond donors (Lipinski definition) is 1. The lowest BCUT2D eigenvalue weighted by Gasteiger charge is -2.57. The van der Waals surface area contributed by atoms with E-state index in [1.165, 1.54) is 11.1 Å². The number of aliphatic hydroxyl groups is 1. The molecule has 6 atom stereocenters. The summed E-state index contributed by atoms with van der Waals surface area (Å²) in [6.07, 6.45) is 15.2. The summed E-state index contributed by atoms with van der Waals surface area (Å²) in [4.78, 5) is 11.8. The van der Waals surface area contributed by atoms with E-state index in [2.05, 4.69) is 19.4 Å². The van der Waals surface area contributed by atoms with Crippen LogP contribution < -0.4 is 0 Å². The third-order valence-corrected chi connectivity index (χ3v) is 7.97. The summed E-state index contributed by atoms with van der Waals surface area (Å²) in [6, 6.07) is 0. The van der Waals surface area contributed by atoms with Gasteiger partial charge in [0.15, 0.2) is 5.78 Å². The van der Waals surface area contributed by atoms with Gasteiger partial charge >= 0.3 is 0 Å². The van der Waals surface area contributed by atoms with E-state index in [0.717, 1.165) is 38.5 Å². The number of fused-ring (bicyclic) bond motifs is 5. The molecule has 0 heterocycles. The van der Waals surface area contributed by atoms with Gasteiger partial charge in [0.2, 0.25) is 0 Å². The second kappa shape index (κ2) is 5.33. The molecule has 0 saturated heterocycles. The Balaban J connectivity index is 1.74. The van der Waals surface area contributed by atoms with Crippen LogP contribution in [0.1, 0.15) is 58.3 Å². The van der Waals surface area contributed by atoms with Crippen molar-refractivity contribution in [3.63, 3.8) is 0 Å². The summed E-state index contributed by atoms with van der Waals surface area (Å²) in [5, 5.41) is 11.2. The molecule has 2 nitrogen and oxygen atoms in total. The van der Waals surface area contributed by atoms with E-state index >= 15 is 0 Å². The Hall–Kier alpha value is -1.33. The first-order valence-electron chi connectivity index (χ1n) is 9.58. The van der Waals surface area contributed by atoms with Gasteiger partial charge in [-0.15, -0.1) is 6.42 Å². The highest BCUT2D eigenvalue weighted by atomic mass is 16.3. The van der Waals surface area contributed by atoms with Crippen molar-refractivity contribution in [3.05, 3.63) is 23.8 Å². The van der Waals surface area contributed by atoms with E-state index in [-0.39, 0.29) is 5.41 Å². The largest absolute Gasteiger partial charge is 0.377 e. The van der Waals surface area contributed by atoms with Crippen LogP contribution in [0.5, 0.6) is 0 Å². The monoisotopic (exact) mass is 324 g/mol. The van der Waals surface area contributed by atoms with Gasteiger partial charge in [0.05, 0.1) is 0 Å². The third-order valence-electron chi connectivity index (χ3n) is 7.97. The predicted octanol–water partition coefficient (Wildman–Crippen LogP) is 4.05. The number of carbonyl (C=O) groups is 1. The van der Waals surface area contributed by atoms with E-state index in [1.54, 1.807) is 0 Å². The summed E-state index contributed by atoms with van der Waals surface area (Å²) in [5.41, 5.74) is 1.24. The van der Waals surface area contributed by atoms with E-state index in [0.29, 0.717) is 42.3 Å². The highest BCUT2D eigenvalue weighted by Crippen LogP contribution is 2.67. The first-order valence-corrected chi connectivity index (χ1v) is 9.58. The fraction of sp³-hybridized carbons (Fsp3) is 0.682. The number of carbonyl (C=O) groups excluding carboxylic acids is 1. The highest BCUT2D eigenvalue weighted by molar-refractivity contribution is 5.91. The minimum atomic E-state index is -1.02. The molecule has 0 amide bonds. The lowest BCUT2D eigenvalue weighted by atomic mass is 9.48. The molecule has 0 spiro atoms. The van der Waals surface area contributed by atoms with Crippen molar-refractivity contribution in [3.8, 4) is 12.3 Å². The van der Waals surface area contributed by atoms with Crippen LogP contribution in [0.2, 0.25) is 0 Å². The van der Waals surface area contributed by atoms with Crippen molar-refractivity contribution in [1.29, 1.82) is 0 Å². The average molecular weight is 324 g/mol. The zero-order valence-electron chi connectivity index (χ0n) is 14.7. The molecule has 3 fully saturated rings. The highest BCUT2D eigenvalue weighted by Gasteiger charge is 2.64. The summed E-state index contributed by atoms with van der Waals surface area (Å²) in [6.45, 7) is 6.61. The molecule has 3 saturated carbocycles. The van der Waals surface area contributed by atoms with Gasteiger partial charge in [-0.2, -0.15) is 0 Å². The van der Waals surface area contributed by atoms with Crippen molar-refractivity contribution in [2.24, 2.45) is 29.1 Å². The normalized spacial score (nSPS) is 47.3. The number of rotatable bonds is 1. The molecular weight excluding hydrogens is 296 g/mol. The van der Waals surface area contributed by atoms with Crippen LogP contribution >= 0.6 is 0 Å². The van der Waals surface area contributed by atoms with Gasteiger partial charge < -0.3 is 5.11 Å². The van der Waals surface area contributed by atoms with Gasteiger partial charge in [0.25, 0.3) is 0 Å². The number of ketones is 1. The van der Waals surface area contributed by atoms with Crippen LogP contribution in [0.3, 0.4) is 0 Å². The topological polar surface area (TPSA) is 37.3 Å². The minimum Gasteiger partial charge on any atom is -0.377 e. The van der Waals surface area contributed by atoms with Crippen LogP contribution in [-0.2, 0) is 4.79 Å². The Kier molecular flexibility index (Phi) is 3.59. The molecule has 0 aromatic rings. The SMILES string of the molecule is C#C[C@]1(O)CC[C@H]2[C@@H]3CCC4=CC(=O)CC[C@@H]4[C@H]3CC(=C)[C@@]21CC. The summed E-state index contributed by atoms with van der Waals surface area (Å²) < 4.78 is 0. The molecule has 0 bridgehead atoms. The first kappa shape index (κ1) is 16.2. The molecule has 4 aliphatic rings. The minimum absolute atomic E-state index is 0.297. The molecule has 4 rings (SSSR count). The van der Waals surface area contributed by atoms with Crippen LogP contribution in [0.4, 0.5) is 0 Å². The maximum Gasteiger partial charge on any atom is 0.155 e. The Labute approximate surface area is 145 Å². The van der Waals surface area contributed by atoms with Crippen LogP contribution in [-0.4, -0.2) is 16.5 Å². The Morgan fingerprint density at radius 3 is 2.83 bits per heavy atom. The quantitative estimate of drug-likeness (QED) is 0.583. The molecule has 0 radical (unpaired) electrons. The Morgan fingerprint density at radius 2 is 2.12 bits per heavy atom. The summed E-state index contributed by atoms with van der Waals surface area (Å²) in [5.74, 6) is 5.28. The van der Waals surface area contributed by atoms with Crippen molar-refractivity contribution < 1.29 is 9.90 Å². The zero-order chi connectivity index (χ0) is 17.1. The molecule has 1 N–H and O–H groups in total. The molecular formula is C22H28O2. The maximum atomic E-state index is 11.8. The Bertz CT molecular complexity index is 666. The molecule has 24 heavy (non-hydrogen) atoms. The summed E-state index contributed by atoms with van der Waals surface area (Å²) in [7, 11) is 0. The van der Waals surface area contributed by atoms with Gasteiger partial charge in [0.1, 0.15) is 5.60 Å². The van der Waals surface area contributed by atoms with E-state index < -0.39 is 5.60 Å². The fourth-order valence-corrected chi connectivity index (χ4v) is 7.00. The number of hydrogen-bond acceptors (Lipinski definition) is 2. The van der Waals surface area contributed by atoms with Gasteiger partial charge in [-0.3, -0.25) is 4.79 Å². The molecule has 0 unspecified atom stereocenters. The zero-order valence-corrected chi connectivity index (χ0v) is 14.7. The predicted molar refractivity (Wildman–Crippen MR) is 95.0 cm³/mol. The first-order chi connectivity index (χ1) is 11.5. The van der Waals surface area contributed by atoms with E-state index in [1.807, 2.05) is 6.08 Å². The van der Waals surface area contributed by atoms with Gasteiger partial charge in [-0.1, -0.05) is 30.6 Å². The van der Waals surface area contributed by atoms with Crippen LogP contribution in [0.15, 0.2) is 23.8 Å². The Morgan fingerprint density at radius 1 is 1.33 bits per heavy atom. The summed E-state index contributed by atoms with van der Waals surface area (Å²) >= 11 is 0. The second-order valence-corrected chi connectivity index (χ2v) is 8.48. The lowest BCUT2D eigenvalue weighted by molar-refractivity contribution is -0.116. The molecule has 4 aliphatic carbocycles. The van der Waals surface area contributed by atoms with Crippen molar-refractivity contribution in [1.82, 2.24) is 0 Å².